The van der Waals surface area contributed by atoms with E-state index in [9.17, 15) is 19.5 Å². The van der Waals surface area contributed by atoms with E-state index >= 15 is 0 Å². The monoisotopic (exact) mass is 632 g/mol. The summed E-state index contributed by atoms with van der Waals surface area (Å²) in [5.41, 5.74) is 9.33. The number of nitrogens with two attached hydrogens (primary N) is 1. The first-order chi connectivity index (χ1) is 21.2. The van der Waals surface area contributed by atoms with E-state index in [4.69, 9.17) is 10.6 Å². The zero-order valence-electron chi connectivity index (χ0n) is 24.2. The molecule has 0 radical (unpaired) electrons. The van der Waals surface area contributed by atoms with Crippen molar-refractivity contribution < 1.29 is 28.9 Å². The van der Waals surface area contributed by atoms with Crippen LogP contribution in [0.15, 0.2) is 83.3 Å². The summed E-state index contributed by atoms with van der Waals surface area (Å²) in [5.74, 6) is -0.977. The number of aryl methyl sites for hydroxylation is 2. The highest BCUT2D eigenvalue weighted by Crippen LogP contribution is 2.36. The summed E-state index contributed by atoms with van der Waals surface area (Å²) in [6.45, 7) is 4.40. The third-order valence-electron chi connectivity index (χ3n) is 7.12. The van der Waals surface area contributed by atoms with Gasteiger partial charge in [0.2, 0.25) is 0 Å². The molecule has 0 bridgehead atoms. The van der Waals surface area contributed by atoms with Crippen LogP contribution >= 0.6 is 23.1 Å². The highest BCUT2D eigenvalue weighted by Gasteiger charge is 2.50. The van der Waals surface area contributed by atoms with Crippen molar-refractivity contribution in [1.29, 1.82) is 0 Å². The second-order valence-electron chi connectivity index (χ2n) is 10.5. The van der Waals surface area contributed by atoms with Crippen molar-refractivity contribution in [2.75, 3.05) is 11.5 Å². The molecule has 3 aromatic rings. The minimum absolute atomic E-state index is 0.0204. The first-order valence-corrected chi connectivity index (χ1v) is 15.9. The average molecular weight is 633 g/mol. The maximum atomic E-state index is 13.1. The molecule has 13 heteroatoms. The van der Waals surface area contributed by atoms with Crippen LogP contribution < -0.4 is 20.7 Å². The molecule has 2 unspecified atom stereocenters. The molecule has 3 atom stereocenters. The van der Waals surface area contributed by atoms with Crippen molar-refractivity contribution in [3.63, 3.8) is 0 Å². The van der Waals surface area contributed by atoms with Crippen LogP contribution in [0.25, 0.3) is 0 Å². The van der Waals surface area contributed by atoms with Gasteiger partial charge in [-0.25, -0.2) is 9.55 Å². The van der Waals surface area contributed by atoms with Gasteiger partial charge in [-0.05, 0) is 38.3 Å². The first kappa shape index (κ1) is 31.0. The number of benzene rings is 1. The number of thiazole rings is 1. The van der Waals surface area contributed by atoms with Crippen molar-refractivity contribution in [2.24, 2.45) is 5.16 Å². The summed E-state index contributed by atoms with van der Waals surface area (Å²) in [6, 6.07) is 10.4. The second-order valence-corrected chi connectivity index (χ2v) is 12.5. The summed E-state index contributed by atoms with van der Waals surface area (Å²) in [5, 5.41) is 19.2. The van der Waals surface area contributed by atoms with E-state index in [1.165, 1.54) is 11.3 Å². The van der Waals surface area contributed by atoms with Crippen molar-refractivity contribution >= 4 is 51.7 Å². The van der Waals surface area contributed by atoms with Gasteiger partial charge in [-0.3, -0.25) is 9.59 Å². The van der Waals surface area contributed by atoms with Crippen molar-refractivity contribution in [1.82, 2.24) is 15.2 Å². The lowest BCUT2D eigenvalue weighted by Crippen LogP contribution is -2.69. The first-order valence-electron chi connectivity index (χ1n) is 14.0. The normalized spacial score (nSPS) is 20.5. The van der Waals surface area contributed by atoms with E-state index in [1.807, 2.05) is 61.9 Å². The molecule has 228 valence electrons. The number of oxime groups is 1. The zero-order valence-corrected chi connectivity index (χ0v) is 25.8. The van der Waals surface area contributed by atoms with E-state index < -0.39 is 17.9 Å². The highest BCUT2D eigenvalue weighted by atomic mass is 32.2. The highest BCUT2D eigenvalue weighted by molar-refractivity contribution is 8.00. The summed E-state index contributed by atoms with van der Waals surface area (Å²) >= 11 is 2.85. The lowest BCUT2D eigenvalue weighted by molar-refractivity contribution is -0.689. The van der Waals surface area contributed by atoms with Crippen LogP contribution in [0.4, 0.5) is 5.13 Å². The summed E-state index contributed by atoms with van der Waals surface area (Å²) < 4.78 is 2.07. The third-order valence-corrected chi connectivity index (χ3v) is 9.17. The number of nitrogen functional groups attached to an aromatic ring is 1. The Morgan fingerprint density at radius 2 is 2.05 bits per heavy atom. The minimum atomic E-state index is -1.11. The molecule has 1 fully saturated rings. The second kappa shape index (κ2) is 13.9. The number of rotatable bonds is 8. The molecule has 11 nitrogen and oxygen atoms in total. The Balaban J connectivity index is 0.000000296. The van der Waals surface area contributed by atoms with E-state index in [-0.39, 0.29) is 28.7 Å². The van der Waals surface area contributed by atoms with Crippen molar-refractivity contribution in [2.45, 2.75) is 50.8 Å². The maximum absolute atomic E-state index is 13.1. The van der Waals surface area contributed by atoms with Gasteiger partial charge >= 0.3 is 0 Å². The number of hydrogen-bond acceptors (Lipinski definition) is 10. The SMILES string of the molecule is Cc1ccc(C(=O)[O-])c(C)c1.Nc1nc(C(=NOC2C=CCC2)C(=O)NC2C(=O)N3C=C(C[n+]4ccccc4)CS[C@@H]23)cs1. The summed E-state index contributed by atoms with van der Waals surface area (Å²) in [6.07, 6.45) is 11.4. The Morgan fingerprint density at radius 1 is 1.25 bits per heavy atom. The smallest absolute Gasteiger partial charge is 0.276 e. The van der Waals surface area contributed by atoms with E-state index in [2.05, 4.69) is 20.0 Å². The molecule has 1 aliphatic carbocycles. The number of anilines is 1. The number of carboxylic acids is 1. The number of carbonyl (C=O) groups is 3. The number of nitrogens with one attached hydrogen (secondary N) is 1. The summed E-state index contributed by atoms with van der Waals surface area (Å²) in [7, 11) is 0. The lowest BCUT2D eigenvalue weighted by atomic mass is 10.1. The molecule has 4 heterocycles. The van der Waals surface area contributed by atoms with Gasteiger partial charge in [0.15, 0.2) is 29.8 Å². The molecule has 2 aromatic heterocycles. The van der Waals surface area contributed by atoms with Gasteiger partial charge in [-0.2, -0.15) is 0 Å². The lowest BCUT2D eigenvalue weighted by Gasteiger charge is -2.47. The number of allylic oxidation sites excluding steroid dienone is 1. The molecule has 2 amide bonds. The minimum Gasteiger partial charge on any atom is -0.545 e. The molecule has 0 saturated carbocycles. The summed E-state index contributed by atoms with van der Waals surface area (Å²) in [4.78, 5) is 47.7. The molecule has 2 aliphatic heterocycles. The molecule has 0 spiro atoms. The van der Waals surface area contributed by atoms with Crippen LogP contribution in [-0.2, 0) is 21.0 Å². The van der Waals surface area contributed by atoms with Gasteiger partial charge in [0.25, 0.3) is 11.8 Å². The Hall–Kier alpha value is -4.49. The number of aromatic nitrogens is 2. The van der Waals surface area contributed by atoms with Gasteiger partial charge < -0.3 is 30.7 Å². The van der Waals surface area contributed by atoms with Crippen LogP contribution in [-0.4, -0.2) is 56.7 Å². The molecule has 1 saturated heterocycles. The number of nitrogens with zero attached hydrogens (tertiary/aromatic N) is 4. The Bertz CT molecular complexity index is 1640. The molecule has 44 heavy (non-hydrogen) atoms. The number of fused-ring (bicyclic) bond motifs is 1. The molecule has 6 rings (SSSR count). The van der Waals surface area contributed by atoms with E-state index in [0.29, 0.717) is 10.8 Å². The predicted molar refractivity (Wildman–Crippen MR) is 166 cm³/mol. The number of hydrogen-bond donors (Lipinski definition) is 2. The maximum Gasteiger partial charge on any atom is 0.276 e. The van der Waals surface area contributed by atoms with Crippen LogP contribution in [0.1, 0.15) is 40.0 Å². The third kappa shape index (κ3) is 7.34. The Morgan fingerprint density at radius 3 is 2.70 bits per heavy atom. The number of carbonyl (C=O) groups excluding carboxylic acids is 3. The van der Waals surface area contributed by atoms with Crippen LogP contribution in [0.2, 0.25) is 0 Å². The zero-order chi connectivity index (χ0) is 31.2. The fraction of sp³-hybridized carbons (Fsp3) is 0.290. The quantitative estimate of drug-likeness (QED) is 0.126. The number of amides is 2. The van der Waals surface area contributed by atoms with Gasteiger partial charge in [0.1, 0.15) is 23.2 Å². The Labute approximate surface area is 263 Å². The van der Waals surface area contributed by atoms with Crippen LogP contribution in [0, 0.1) is 13.8 Å². The van der Waals surface area contributed by atoms with E-state index in [1.54, 1.807) is 41.1 Å². The van der Waals surface area contributed by atoms with Gasteiger partial charge in [-0.1, -0.05) is 41.1 Å². The van der Waals surface area contributed by atoms with Crippen molar-refractivity contribution in [3.8, 4) is 0 Å². The molecular weight excluding hydrogens is 601 g/mol. The number of carboxylic acid groups (broad SMARTS) is 1. The van der Waals surface area contributed by atoms with Gasteiger partial charge in [-0.15, -0.1) is 23.1 Å². The predicted octanol–water partition coefficient (Wildman–Crippen LogP) is 2.10. The molecule has 3 aliphatic rings. The van der Waals surface area contributed by atoms with Gasteiger partial charge in [0.05, 0.1) is 5.97 Å². The van der Waals surface area contributed by atoms with Gasteiger partial charge in [0, 0.05) is 40.6 Å². The number of β-lactam (4-membered cyclic amide) rings is 1. The van der Waals surface area contributed by atoms with E-state index in [0.717, 1.165) is 41.8 Å². The number of pyridine rings is 1. The number of thioether (sulfide) groups is 1. The van der Waals surface area contributed by atoms with Crippen molar-refractivity contribution in [3.05, 3.63) is 100 Å². The molecule has 3 N–H and O–H groups in total. The Kier molecular flexibility index (Phi) is 9.75. The fourth-order valence-electron chi connectivity index (χ4n) is 4.89. The van der Waals surface area contributed by atoms with Crippen LogP contribution in [0.3, 0.4) is 0 Å². The molecule has 1 aromatic carbocycles. The number of aromatic carboxylic acids is 1. The van der Waals surface area contributed by atoms with Crippen LogP contribution in [0.5, 0.6) is 0 Å². The fourth-order valence-corrected chi connectivity index (χ4v) is 6.69. The largest absolute Gasteiger partial charge is 0.545 e. The molecular formula is C31H32N6O5S2. The standard InChI is InChI=1S/C22H22N6O3S2.C9H10O2/c23-22-24-16(13-33-22)17(26-31-15-6-2-3-7-15)19(29)25-18-20(30)28-11-14(12-32-21(18)28)10-27-8-4-1-5-9-27;1-6-3-4-8(9(10)11)7(2)5-6/h1-2,4-6,8-9,11,13,15,18,21H,3,7,10,12H2,(H2-,23,24,25,29);3-5H,1-2H3,(H,10,11)/t15?,18?,21-;/m0./s1. The topological polar surface area (TPSA) is 154 Å². The average Bonchev–Trinajstić information content (AvgIpc) is 3.69.